The van der Waals surface area contributed by atoms with Crippen molar-refractivity contribution in [3.63, 3.8) is 0 Å². The number of rotatable bonds is 7. The van der Waals surface area contributed by atoms with E-state index in [0.717, 1.165) is 18.6 Å². The maximum Gasteiger partial charge on any atom is 0.119 e. The van der Waals surface area contributed by atoms with Gasteiger partial charge in [0, 0.05) is 6.04 Å². The second-order valence-corrected chi connectivity index (χ2v) is 5.83. The first kappa shape index (κ1) is 16.0. The number of hydrogen-bond acceptors (Lipinski definition) is 3. The molecule has 0 saturated carbocycles. The van der Waals surface area contributed by atoms with E-state index in [9.17, 15) is 0 Å². The minimum Gasteiger partial charge on any atom is -0.491 e. The zero-order valence-corrected chi connectivity index (χ0v) is 12.6. The monoisotopic (exact) mass is 265 g/mol. The van der Waals surface area contributed by atoms with E-state index in [1.165, 1.54) is 5.56 Å². The Hall–Kier alpha value is -1.06. The number of hydrogen-bond donors (Lipinski definition) is 1. The van der Waals surface area contributed by atoms with E-state index >= 15 is 0 Å². The SMILES string of the molecule is CCC(N)Cc1ccc(OCCOC(C)(C)C)cc1. The van der Waals surface area contributed by atoms with Gasteiger partial charge in [-0.3, -0.25) is 0 Å². The Morgan fingerprint density at radius 2 is 1.74 bits per heavy atom. The fraction of sp³-hybridized carbons (Fsp3) is 0.625. The van der Waals surface area contributed by atoms with Crippen LogP contribution in [0, 0.1) is 0 Å². The molecule has 108 valence electrons. The molecule has 0 spiro atoms. The van der Waals surface area contributed by atoms with E-state index in [4.69, 9.17) is 15.2 Å². The third-order valence-electron chi connectivity index (χ3n) is 2.83. The molecular weight excluding hydrogens is 238 g/mol. The summed E-state index contributed by atoms with van der Waals surface area (Å²) < 4.78 is 11.2. The first-order chi connectivity index (χ1) is 8.90. The zero-order chi connectivity index (χ0) is 14.3. The van der Waals surface area contributed by atoms with Crippen molar-refractivity contribution in [1.82, 2.24) is 0 Å². The van der Waals surface area contributed by atoms with Crippen LogP contribution in [0.25, 0.3) is 0 Å². The van der Waals surface area contributed by atoms with Crippen LogP contribution >= 0.6 is 0 Å². The summed E-state index contributed by atoms with van der Waals surface area (Å²) in [4.78, 5) is 0. The van der Waals surface area contributed by atoms with Crippen LogP contribution in [0.2, 0.25) is 0 Å². The highest BCUT2D eigenvalue weighted by Gasteiger charge is 2.09. The van der Waals surface area contributed by atoms with Gasteiger partial charge in [-0.1, -0.05) is 19.1 Å². The van der Waals surface area contributed by atoms with Crippen LogP contribution in [-0.2, 0) is 11.2 Å². The maximum atomic E-state index is 5.93. The fourth-order valence-corrected chi connectivity index (χ4v) is 1.68. The van der Waals surface area contributed by atoms with Gasteiger partial charge in [-0.25, -0.2) is 0 Å². The molecule has 1 aromatic carbocycles. The minimum atomic E-state index is -0.108. The molecular formula is C16H27NO2. The van der Waals surface area contributed by atoms with Crippen LogP contribution < -0.4 is 10.5 Å². The largest absolute Gasteiger partial charge is 0.491 e. The summed E-state index contributed by atoms with van der Waals surface area (Å²) in [5.74, 6) is 0.881. The summed E-state index contributed by atoms with van der Waals surface area (Å²) >= 11 is 0. The van der Waals surface area contributed by atoms with Gasteiger partial charge in [-0.2, -0.15) is 0 Å². The van der Waals surface area contributed by atoms with Gasteiger partial charge < -0.3 is 15.2 Å². The van der Waals surface area contributed by atoms with E-state index in [0.29, 0.717) is 13.2 Å². The van der Waals surface area contributed by atoms with Gasteiger partial charge >= 0.3 is 0 Å². The van der Waals surface area contributed by atoms with Gasteiger partial charge in [0.05, 0.1) is 12.2 Å². The predicted molar refractivity (Wildman–Crippen MR) is 79.6 cm³/mol. The van der Waals surface area contributed by atoms with Crippen LogP contribution in [0.3, 0.4) is 0 Å². The van der Waals surface area contributed by atoms with E-state index < -0.39 is 0 Å². The van der Waals surface area contributed by atoms with Gasteiger partial charge in [0.2, 0.25) is 0 Å². The lowest BCUT2D eigenvalue weighted by Crippen LogP contribution is -2.22. The first-order valence-electron chi connectivity index (χ1n) is 7.02. The van der Waals surface area contributed by atoms with Gasteiger partial charge in [-0.05, 0) is 51.3 Å². The second kappa shape index (κ2) is 7.51. The van der Waals surface area contributed by atoms with E-state index in [1.807, 2.05) is 32.9 Å². The van der Waals surface area contributed by atoms with Crippen molar-refractivity contribution in [2.24, 2.45) is 5.73 Å². The molecule has 3 heteroatoms. The van der Waals surface area contributed by atoms with Crippen LogP contribution in [0.15, 0.2) is 24.3 Å². The third kappa shape index (κ3) is 7.19. The molecule has 3 nitrogen and oxygen atoms in total. The second-order valence-electron chi connectivity index (χ2n) is 5.83. The molecule has 1 rings (SSSR count). The predicted octanol–water partition coefficient (Wildman–Crippen LogP) is 3.16. The molecule has 0 aromatic heterocycles. The summed E-state index contributed by atoms with van der Waals surface area (Å²) in [5.41, 5.74) is 7.08. The Morgan fingerprint density at radius 3 is 2.26 bits per heavy atom. The van der Waals surface area contributed by atoms with Crippen LogP contribution in [0.4, 0.5) is 0 Å². The topological polar surface area (TPSA) is 44.5 Å². The van der Waals surface area contributed by atoms with Gasteiger partial charge in [0.25, 0.3) is 0 Å². The van der Waals surface area contributed by atoms with Crippen molar-refractivity contribution in [2.45, 2.75) is 52.2 Å². The molecule has 1 aromatic rings. The molecule has 19 heavy (non-hydrogen) atoms. The van der Waals surface area contributed by atoms with Crippen LogP contribution in [0.5, 0.6) is 5.75 Å². The molecule has 0 saturated heterocycles. The van der Waals surface area contributed by atoms with Crippen LogP contribution in [0.1, 0.15) is 39.7 Å². The number of nitrogens with two attached hydrogens (primary N) is 1. The lowest BCUT2D eigenvalue weighted by Gasteiger charge is -2.19. The first-order valence-corrected chi connectivity index (χ1v) is 7.02. The standard InChI is InChI=1S/C16H27NO2/c1-5-14(17)12-13-6-8-15(9-7-13)18-10-11-19-16(2,3)4/h6-9,14H,5,10-12,17H2,1-4H3. The van der Waals surface area contributed by atoms with E-state index in [1.54, 1.807) is 0 Å². The molecule has 0 aliphatic rings. The summed E-state index contributed by atoms with van der Waals surface area (Å²) in [5, 5.41) is 0. The van der Waals surface area contributed by atoms with Crippen LogP contribution in [-0.4, -0.2) is 24.9 Å². The highest BCUT2D eigenvalue weighted by atomic mass is 16.5. The Labute approximate surface area is 117 Å². The van der Waals surface area contributed by atoms with Gasteiger partial charge in [-0.15, -0.1) is 0 Å². The lowest BCUT2D eigenvalue weighted by atomic mass is 10.0. The highest BCUT2D eigenvalue weighted by molar-refractivity contribution is 5.27. The van der Waals surface area contributed by atoms with E-state index in [2.05, 4.69) is 19.1 Å². The lowest BCUT2D eigenvalue weighted by molar-refractivity contribution is -0.0163. The average molecular weight is 265 g/mol. The summed E-state index contributed by atoms with van der Waals surface area (Å²) in [7, 11) is 0. The van der Waals surface area contributed by atoms with Gasteiger partial charge in [0.1, 0.15) is 12.4 Å². The molecule has 0 fully saturated rings. The molecule has 0 bridgehead atoms. The Kier molecular flexibility index (Phi) is 6.32. The Balaban J connectivity index is 2.32. The zero-order valence-electron chi connectivity index (χ0n) is 12.6. The summed E-state index contributed by atoms with van der Waals surface area (Å²) in [6.45, 7) is 9.41. The normalized spacial score (nSPS) is 13.3. The minimum absolute atomic E-state index is 0.108. The molecule has 0 amide bonds. The molecule has 1 unspecified atom stereocenters. The van der Waals surface area contributed by atoms with Crippen molar-refractivity contribution < 1.29 is 9.47 Å². The maximum absolute atomic E-state index is 5.93. The Bertz CT molecular complexity index is 354. The fourth-order valence-electron chi connectivity index (χ4n) is 1.68. The smallest absolute Gasteiger partial charge is 0.119 e. The Morgan fingerprint density at radius 1 is 1.11 bits per heavy atom. The molecule has 0 heterocycles. The molecule has 0 aliphatic carbocycles. The molecule has 1 atom stereocenters. The van der Waals surface area contributed by atoms with Crippen molar-refractivity contribution in [1.29, 1.82) is 0 Å². The summed E-state index contributed by atoms with van der Waals surface area (Å²) in [6, 6.07) is 8.39. The van der Waals surface area contributed by atoms with Crippen molar-refractivity contribution in [3.05, 3.63) is 29.8 Å². The number of ether oxygens (including phenoxy) is 2. The average Bonchev–Trinajstić information content (AvgIpc) is 2.35. The van der Waals surface area contributed by atoms with E-state index in [-0.39, 0.29) is 11.6 Å². The molecule has 2 N–H and O–H groups in total. The molecule has 0 radical (unpaired) electrons. The third-order valence-corrected chi connectivity index (χ3v) is 2.83. The molecule has 0 aliphatic heterocycles. The van der Waals surface area contributed by atoms with Crippen molar-refractivity contribution in [2.75, 3.05) is 13.2 Å². The van der Waals surface area contributed by atoms with Crippen molar-refractivity contribution >= 4 is 0 Å². The van der Waals surface area contributed by atoms with Gasteiger partial charge in [0.15, 0.2) is 0 Å². The highest BCUT2D eigenvalue weighted by Crippen LogP contribution is 2.14. The van der Waals surface area contributed by atoms with Crippen molar-refractivity contribution in [3.8, 4) is 5.75 Å². The summed E-state index contributed by atoms with van der Waals surface area (Å²) in [6.07, 6.45) is 1.92. The number of benzene rings is 1. The quantitative estimate of drug-likeness (QED) is 0.770.